The SMILES string of the molecule is C=CCN(C)C(=O)[C@@H]1CC[C@H](C(=O)O)C1. The van der Waals surface area contributed by atoms with Gasteiger partial charge in [-0.25, -0.2) is 0 Å². The molecule has 1 rings (SSSR count). The fourth-order valence-corrected chi connectivity index (χ4v) is 2.03. The average molecular weight is 211 g/mol. The van der Waals surface area contributed by atoms with E-state index in [-0.39, 0.29) is 17.7 Å². The zero-order valence-corrected chi connectivity index (χ0v) is 8.98. The van der Waals surface area contributed by atoms with E-state index in [1.807, 2.05) is 0 Å². The first-order valence-corrected chi connectivity index (χ1v) is 5.15. The molecule has 0 aliphatic heterocycles. The van der Waals surface area contributed by atoms with E-state index >= 15 is 0 Å². The number of carbonyl (C=O) groups excluding carboxylic acids is 1. The first-order valence-electron chi connectivity index (χ1n) is 5.15. The number of carboxylic acids is 1. The Kier molecular flexibility index (Phi) is 3.88. The molecule has 4 nitrogen and oxygen atoms in total. The van der Waals surface area contributed by atoms with Gasteiger partial charge in [0, 0.05) is 19.5 Å². The third kappa shape index (κ3) is 2.81. The van der Waals surface area contributed by atoms with Gasteiger partial charge in [0.05, 0.1) is 5.92 Å². The highest BCUT2D eigenvalue weighted by Crippen LogP contribution is 2.32. The number of hydrogen-bond acceptors (Lipinski definition) is 2. The Morgan fingerprint density at radius 1 is 1.47 bits per heavy atom. The van der Waals surface area contributed by atoms with Crippen LogP contribution < -0.4 is 0 Å². The van der Waals surface area contributed by atoms with Crippen molar-refractivity contribution < 1.29 is 14.7 Å². The van der Waals surface area contributed by atoms with Gasteiger partial charge in [-0.05, 0) is 19.3 Å². The van der Waals surface area contributed by atoms with E-state index < -0.39 is 5.97 Å². The molecule has 1 aliphatic rings. The van der Waals surface area contributed by atoms with Gasteiger partial charge in [-0.3, -0.25) is 9.59 Å². The van der Waals surface area contributed by atoms with Gasteiger partial charge in [0.1, 0.15) is 0 Å². The van der Waals surface area contributed by atoms with Crippen molar-refractivity contribution in [3.63, 3.8) is 0 Å². The quantitative estimate of drug-likeness (QED) is 0.709. The molecule has 0 aromatic rings. The zero-order valence-electron chi connectivity index (χ0n) is 8.98. The summed E-state index contributed by atoms with van der Waals surface area (Å²) >= 11 is 0. The number of aliphatic carboxylic acids is 1. The molecule has 0 aromatic carbocycles. The minimum absolute atomic E-state index is 0.0404. The normalized spacial score (nSPS) is 24.9. The van der Waals surface area contributed by atoms with E-state index in [1.165, 1.54) is 0 Å². The molecular formula is C11H17NO3. The summed E-state index contributed by atoms with van der Waals surface area (Å²) in [5, 5.41) is 8.81. The molecule has 0 spiro atoms. The van der Waals surface area contributed by atoms with Crippen LogP contribution in [0.4, 0.5) is 0 Å². The van der Waals surface area contributed by atoms with Crippen LogP contribution in [0.15, 0.2) is 12.7 Å². The van der Waals surface area contributed by atoms with Crippen molar-refractivity contribution in [2.24, 2.45) is 11.8 Å². The molecule has 0 saturated heterocycles. The third-order valence-corrected chi connectivity index (χ3v) is 2.91. The Balaban J connectivity index is 2.49. The fourth-order valence-electron chi connectivity index (χ4n) is 2.03. The van der Waals surface area contributed by atoms with Crippen LogP contribution in [0.5, 0.6) is 0 Å². The van der Waals surface area contributed by atoms with Gasteiger partial charge in [0.25, 0.3) is 0 Å². The molecule has 0 bridgehead atoms. The highest BCUT2D eigenvalue weighted by atomic mass is 16.4. The predicted octanol–water partition coefficient (Wildman–Crippen LogP) is 1.13. The van der Waals surface area contributed by atoms with Crippen molar-refractivity contribution in [2.45, 2.75) is 19.3 Å². The summed E-state index contributed by atoms with van der Waals surface area (Å²) in [6.45, 7) is 4.09. The molecule has 1 amide bonds. The number of rotatable bonds is 4. The molecule has 0 radical (unpaired) electrons. The van der Waals surface area contributed by atoms with Crippen LogP contribution >= 0.6 is 0 Å². The second-order valence-corrected chi connectivity index (χ2v) is 4.05. The van der Waals surface area contributed by atoms with Crippen LogP contribution in [0.3, 0.4) is 0 Å². The molecule has 1 N–H and O–H groups in total. The third-order valence-electron chi connectivity index (χ3n) is 2.91. The van der Waals surface area contributed by atoms with Crippen molar-refractivity contribution in [2.75, 3.05) is 13.6 Å². The molecule has 0 heterocycles. The molecule has 84 valence electrons. The molecule has 2 atom stereocenters. The maximum atomic E-state index is 11.8. The molecule has 1 fully saturated rings. The zero-order chi connectivity index (χ0) is 11.4. The molecule has 15 heavy (non-hydrogen) atoms. The standard InChI is InChI=1S/C11H17NO3/c1-3-6-12(2)10(13)8-4-5-9(7-8)11(14)15/h3,8-9H,1,4-7H2,2H3,(H,14,15)/t8-,9+/m1/s1. The topological polar surface area (TPSA) is 57.6 Å². The molecule has 4 heteroatoms. The van der Waals surface area contributed by atoms with Gasteiger partial charge < -0.3 is 10.0 Å². The summed E-state index contributed by atoms with van der Waals surface area (Å²) in [6, 6.07) is 0. The van der Waals surface area contributed by atoms with E-state index in [9.17, 15) is 9.59 Å². The van der Waals surface area contributed by atoms with E-state index in [0.29, 0.717) is 25.8 Å². The van der Waals surface area contributed by atoms with Gasteiger partial charge in [0.2, 0.25) is 5.91 Å². The van der Waals surface area contributed by atoms with Crippen molar-refractivity contribution >= 4 is 11.9 Å². The Morgan fingerprint density at radius 2 is 2.07 bits per heavy atom. The summed E-state index contributed by atoms with van der Waals surface area (Å²) in [4.78, 5) is 24.1. The summed E-state index contributed by atoms with van der Waals surface area (Å²) < 4.78 is 0. The summed E-state index contributed by atoms with van der Waals surface area (Å²) in [5.74, 6) is -1.19. The second-order valence-electron chi connectivity index (χ2n) is 4.05. The number of likely N-dealkylation sites (N-methyl/N-ethyl adjacent to an activating group) is 1. The van der Waals surface area contributed by atoms with E-state index in [0.717, 1.165) is 0 Å². The van der Waals surface area contributed by atoms with Crippen LogP contribution in [0.1, 0.15) is 19.3 Å². The molecule has 1 saturated carbocycles. The van der Waals surface area contributed by atoms with Crippen molar-refractivity contribution in [1.82, 2.24) is 4.90 Å². The first-order chi connectivity index (χ1) is 7.06. The van der Waals surface area contributed by atoms with Crippen molar-refractivity contribution in [1.29, 1.82) is 0 Å². The Hall–Kier alpha value is -1.32. The van der Waals surface area contributed by atoms with Crippen molar-refractivity contribution in [3.05, 3.63) is 12.7 Å². The minimum atomic E-state index is -0.781. The number of nitrogens with zero attached hydrogens (tertiary/aromatic N) is 1. The Morgan fingerprint density at radius 3 is 2.53 bits per heavy atom. The average Bonchev–Trinajstić information content (AvgIpc) is 2.65. The second kappa shape index (κ2) is 4.96. The predicted molar refractivity (Wildman–Crippen MR) is 56.3 cm³/mol. The molecule has 0 unspecified atom stereocenters. The van der Waals surface area contributed by atoms with Gasteiger partial charge in [-0.15, -0.1) is 6.58 Å². The molecule has 0 aromatic heterocycles. The first kappa shape index (κ1) is 11.8. The summed E-state index contributed by atoms with van der Waals surface area (Å²) in [5.41, 5.74) is 0. The lowest BCUT2D eigenvalue weighted by molar-refractivity contribution is -0.141. The molecule has 1 aliphatic carbocycles. The maximum absolute atomic E-state index is 11.8. The van der Waals surface area contributed by atoms with Gasteiger partial charge in [-0.1, -0.05) is 6.08 Å². The Bertz CT molecular complexity index is 275. The minimum Gasteiger partial charge on any atom is -0.481 e. The van der Waals surface area contributed by atoms with E-state index in [4.69, 9.17) is 5.11 Å². The highest BCUT2D eigenvalue weighted by Gasteiger charge is 2.34. The van der Waals surface area contributed by atoms with Crippen molar-refractivity contribution in [3.8, 4) is 0 Å². The summed E-state index contributed by atoms with van der Waals surface area (Å²) in [7, 11) is 1.72. The van der Waals surface area contributed by atoms with Crippen LogP contribution in [-0.4, -0.2) is 35.5 Å². The molecular weight excluding hydrogens is 194 g/mol. The van der Waals surface area contributed by atoms with Crippen LogP contribution in [0.2, 0.25) is 0 Å². The highest BCUT2D eigenvalue weighted by molar-refractivity contribution is 5.80. The van der Waals surface area contributed by atoms with E-state index in [1.54, 1.807) is 18.0 Å². The lowest BCUT2D eigenvalue weighted by atomic mass is 10.0. The number of amides is 1. The Labute approximate surface area is 89.6 Å². The van der Waals surface area contributed by atoms with Gasteiger partial charge in [0.15, 0.2) is 0 Å². The number of hydrogen-bond donors (Lipinski definition) is 1. The van der Waals surface area contributed by atoms with Crippen LogP contribution in [0, 0.1) is 11.8 Å². The van der Waals surface area contributed by atoms with Gasteiger partial charge in [-0.2, -0.15) is 0 Å². The van der Waals surface area contributed by atoms with Gasteiger partial charge >= 0.3 is 5.97 Å². The largest absolute Gasteiger partial charge is 0.481 e. The van der Waals surface area contributed by atoms with Crippen LogP contribution in [-0.2, 0) is 9.59 Å². The smallest absolute Gasteiger partial charge is 0.306 e. The lowest BCUT2D eigenvalue weighted by Crippen LogP contribution is -2.32. The summed E-state index contributed by atoms with van der Waals surface area (Å²) in [6.07, 6.45) is 3.46. The van der Waals surface area contributed by atoms with Crippen LogP contribution in [0.25, 0.3) is 0 Å². The maximum Gasteiger partial charge on any atom is 0.306 e. The number of carboxylic acid groups (broad SMARTS) is 1. The lowest BCUT2D eigenvalue weighted by Gasteiger charge is -2.19. The van der Waals surface area contributed by atoms with E-state index in [2.05, 4.69) is 6.58 Å². The monoisotopic (exact) mass is 211 g/mol. The fraction of sp³-hybridized carbons (Fsp3) is 0.636. The number of carbonyl (C=O) groups is 2.